The zero-order valence-electron chi connectivity index (χ0n) is 15.1. The second-order valence-corrected chi connectivity index (χ2v) is 7.83. The summed E-state index contributed by atoms with van der Waals surface area (Å²) in [6.07, 6.45) is 8.69. The Bertz CT molecular complexity index is 842. The van der Waals surface area contributed by atoms with Crippen molar-refractivity contribution in [3.05, 3.63) is 53.1 Å². The first-order valence-electron chi connectivity index (χ1n) is 9.34. The Kier molecular flexibility index (Phi) is 4.24. The van der Waals surface area contributed by atoms with Crippen LogP contribution in [0.4, 0.5) is 4.39 Å². The van der Waals surface area contributed by atoms with E-state index in [0.717, 1.165) is 49.0 Å². The minimum atomic E-state index is -0.732. The molecule has 138 valence electrons. The van der Waals surface area contributed by atoms with Crippen molar-refractivity contribution in [2.24, 2.45) is 5.41 Å². The quantitative estimate of drug-likeness (QED) is 0.804. The highest BCUT2D eigenvalue weighted by atomic mass is 19.1. The van der Waals surface area contributed by atoms with E-state index in [-0.39, 0.29) is 17.8 Å². The maximum absolute atomic E-state index is 13.2. The van der Waals surface area contributed by atoms with Crippen molar-refractivity contribution in [1.29, 1.82) is 0 Å². The molecule has 2 aromatic rings. The number of fused-ring (bicyclic) bond motifs is 2. The number of halogens is 1. The smallest absolute Gasteiger partial charge is 0.123 e. The van der Waals surface area contributed by atoms with Gasteiger partial charge in [-0.25, -0.2) is 9.07 Å². The normalized spacial score (nSPS) is 27.2. The van der Waals surface area contributed by atoms with Gasteiger partial charge in [0, 0.05) is 12.0 Å². The van der Waals surface area contributed by atoms with Crippen LogP contribution in [0.3, 0.4) is 0 Å². The lowest BCUT2D eigenvalue weighted by molar-refractivity contribution is -0.0487. The summed E-state index contributed by atoms with van der Waals surface area (Å²) in [5.41, 5.74) is 3.23. The number of aliphatic hydroxyl groups is 2. The van der Waals surface area contributed by atoms with Crippen LogP contribution in [0.5, 0.6) is 0 Å². The minimum absolute atomic E-state index is 0.171. The summed E-state index contributed by atoms with van der Waals surface area (Å²) in [6, 6.07) is 6.35. The number of hydrogen-bond acceptors (Lipinski definition) is 3. The molecule has 4 nitrogen and oxygen atoms in total. The van der Waals surface area contributed by atoms with Crippen molar-refractivity contribution in [3.63, 3.8) is 0 Å². The Balaban J connectivity index is 1.68. The maximum Gasteiger partial charge on any atom is 0.123 e. The van der Waals surface area contributed by atoms with Gasteiger partial charge in [-0.05, 0) is 74.4 Å². The molecule has 0 aliphatic heterocycles. The predicted molar refractivity (Wildman–Crippen MR) is 98.4 cm³/mol. The second-order valence-electron chi connectivity index (χ2n) is 7.83. The van der Waals surface area contributed by atoms with Gasteiger partial charge in [0.15, 0.2) is 0 Å². The lowest BCUT2D eigenvalue weighted by Gasteiger charge is -2.42. The van der Waals surface area contributed by atoms with E-state index in [4.69, 9.17) is 5.11 Å². The molecule has 0 unspecified atom stereocenters. The number of rotatable bonds is 5. The van der Waals surface area contributed by atoms with E-state index in [9.17, 15) is 9.50 Å². The average Bonchev–Trinajstić information content (AvgIpc) is 3.13. The van der Waals surface area contributed by atoms with Gasteiger partial charge >= 0.3 is 0 Å². The van der Waals surface area contributed by atoms with Gasteiger partial charge in [-0.15, -0.1) is 0 Å². The van der Waals surface area contributed by atoms with E-state index in [0.29, 0.717) is 6.42 Å². The highest BCUT2D eigenvalue weighted by Gasteiger charge is 2.54. The molecule has 2 aliphatic carbocycles. The largest absolute Gasteiger partial charge is 0.396 e. The maximum atomic E-state index is 13.2. The molecule has 2 aliphatic rings. The molecule has 4 rings (SSSR count). The fraction of sp³-hybridized carbons (Fsp3) is 0.476. The van der Waals surface area contributed by atoms with Gasteiger partial charge in [-0.3, -0.25) is 0 Å². The number of aliphatic hydroxyl groups excluding tert-OH is 1. The summed E-state index contributed by atoms with van der Waals surface area (Å²) in [5.74, 6) is -0.260. The van der Waals surface area contributed by atoms with E-state index in [1.165, 1.54) is 17.7 Å². The predicted octanol–water partition coefficient (Wildman–Crippen LogP) is 3.64. The summed E-state index contributed by atoms with van der Waals surface area (Å²) in [5, 5.41) is 24.9. The lowest BCUT2D eigenvalue weighted by atomic mass is 9.66. The van der Waals surface area contributed by atoms with Crippen molar-refractivity contribution in [1.82, 2.24) is 9.78 Å². The summed E-state index contributed by atoms with van der Waals surface area (Å²) >= 11 is 0. The van der Waals surface area contributed by atoms with Crippen molar-refractivity contribution < 1.29 is 14.6 Å². The van der Waals surface area contributed by atoms with Crippen molar-refractivity contribution in [2.75, 3.05) is 6.61 Å². The first-order chi connectivity index (χ1) is 12.5. The van der Waals surface area contributed by atoms with Gasteiger partial charge in [0.2, 0.25) is 0 Å². The monoisotopic (exact) mass is 356 g/mol. The van der Waals surface area contributed by atoms with Crippen LogP contribution < -0.4 is 0 Å². The third-order valence-electron chi connectivity index (χ3n) is 6.35. The molecule has 1 aromatic heterocycles. The molecule has 1 aromatic carbocycles. The molecule has 5 heteroatoms. The molecule has 0 bridgehead atoms. The van der Waals surface area contributed by atoms with Crippen LogP contribution in [0.25, 0.3) is 11.8 Å². The van der Waals surface area contributed by atoms with E-state index in [1.807, 2.05) is 10.9 Å². The minimum Gasteiger partial charge on any atom is -0.396 e. The van der Waals surface area contributed by atoms with Crippen molar-refractivity contribution >= 4 is 6.08 Å². The molecule has 1 saturated carbocycles. The Labute approximate surface area is 153 Å². The Morgan fingerprint density at radius 3 is 2.73 bits per heavy atom. The van der Waals surface area contributed by atoms with Crippen LogP contribution in [0.2, 0.25) is 0 Å². The third-order valence-corrected chi connectivity index (χ3v) is 6.35. The number of nitrogens with zero attached hydrogens (tertiary/aromatic N) is 2. The molecule has 0 radical (unpaired) electrons. The Morgan fingerprint density at radius 2 is 2.00 bits per heavy atom. The lowest BCUT2D eigenvalue weighted by Crippen LogP contribution is -2.45. The molecule has 26 heavy (non-hydrogen) atoms. The van der Waals surface area contributed by atoms with Gasteiger partial charge in [0.1, 0.15) is 5.82 Å². The fourth-order valence-corrected chi connectivity index (χ4v) is 4.65. The molecule has 1 heterocycles. The molecule has 0 spiro atoms. The third kappa shape index (κ3) is 2.61. The molecule has 2 atom stereocenters. The fourth-order valence-electron chi connectivity index (χ4n) is 4.65. The number of hydrogen-bond donors (Lipinski definition) is 2. The first kappa shape index (κ1) is 17.4. The van der Waals surface area contributed by atoms with Gasteiger partial charge < -0.3 is 10.2 Å². The molecule has 0 amide bonds. The number of aromatic nitrogens is 2. The van der Waals surface area contributed by atoms with Crippen LogP contribution in [0.1, 0.15) is 50.3 Å². The average molecular weight is 356 g/mol. The van der Waals surface area contributed by atoms with Crippen LogP contribution in [-0.2, 0) is 6.42 Å². The summed E-state index contributed by atoms with van der Waals surface area (Å²) in [4.78, 5) is 0. The molecule has 2 N–H and O–H groups in total. The van der Waals surface area contributed by atoms with Crippen molar-refractivity contribution in [3.8, 4) is 5.69 Å². The molecular weight excluding hydrogens is 331 g/mol. The number of benzene rings is 1. The summed E-state index contributed by atoms with van der Waals surface area (Å²) in [7, 11) is 0. The van der Waals surface area contributed by atoms with E-state index in [1.54, 1.807) is 12.1 Å². The van der Waals surface area contributed by atoms with Crippen molar-refractivity contribution in [2.45, 2.75) is 51.0 Å². The number of unbranched alkanes of at least 4 members (excludes halogenated alkanes) is 1. The Morgan fingerprint density at radius 1 is 1.23 bits per heavy atom. The Hall–Kier alpha value is -1.98. The second kappa shape index (κ2) is 6.32. The highest BCUT2D eigenvalue weighted by molar-refractivity contribution is 5.62. The molecular formula is C21H25FN2O2. The van der Waals surface area contributed by atoms with Crippen LogP contribution >= 0.6 is 0 Å². The zero-order valence-corrected chi connectivity index (χ0v) is 15.1. The van der Waals surface area contributed by atoms with Crippen LogP contribution in [0, 0.1) is 11.2 Å². The molecule has 0 saturated heterocycles. The van der Waals surface area contributed by atoms with Gasteiger partial charge in [0.05, 0.1) is 23.2 Å². The summed E-state index contributed by atoms with van der Waals surface area (Å²) < 4.78 is 15.1. The van der Waals surface area contributed by atoms with Gasteiger partial charge in [-0.1, -0.05) is 12.5 Å². The van der Waals surface area contributed by atoms with Crippen LogP contribution in [-0.4, -0.2) is 32.2 Å². The SMILES string of the molecule is C[C@]12Cc3cnn(-c4ccc(F)cc4)c3C=C1CC[C@@]2(O)CCCCO. The van der Waals surface area contributed by atoms with E-state index >= 15 is 0 Å². The molecule has 1 fully saturated rings. The van der Waals surface area contributed by atoms with E-state index < -0.39 is 5.60 Å². The topological polar surface area (TPSA) is 58.3 Å². The van der Waals surface area contributed by atoms with Gasteiger partial charge in [0.25, 0.3) is 0 Å². The standard InChI is InChI=1S/C21H25FN2O2/c1-20-13-15-14-23-24(18-6-4-17(22)5-7-18)19(15)12-16(20)8-10-21(20,26)9-2-3-11-25/h4-7,12,14,25-26H,2-3,8-11,13H2,1H3/t20-,21-/m0/s1. The highest BCUT2D eigenvalue weighted by Crippen LogP contribution is 2.56. The van der Waals surface area contributed by atoms with Crippen LogP contribution in [0.15, 0.2) is 36.0 Å². The zero-order chi connectivity index (χ0) is 18.4. The summed E-state index contributed by atoms with van der Waals surface area (Å²) in [6.45, 7) is 2.33. The first-order valence-corrected chi connectivity index (χ1v) is 9.34. The van der Waals surface area contributed by atoms with E-state index in [2.05, 4.69) is 18.1 Å². The van der Waals surface area contributed by atoms with Gasteiger partial charge in [-0.2, -0.15) is 5.10 Å².